The van der Waals surface area contributed by atoms with Crippen LogP contribution < -0.4 is 0 Å². The van der Waals surface area contributed by atoms with E-state index in [1.807, 2.05) is 48.5 Å². The van der Waals surface area contributed by atoms with Crippen molar-refractivity contribution in [3.8, 4) is 0 Å². The number of hydrogen-bond donors (Lipinski definition) is 0. The Hall–Kier alpha value is -1.41. The van der Waals surface area contributed by atoms with Crippen LogP contribution in [0.25, 0.3) is 0 Å². The summed E-state index contributed by atoms with van der Waals surface area (Å²) in [5.74, 6) is 0.0696. The summed E-state index contributed by atoms with van der Waals surface area (Å²) in [4.78, 5) is 12.1. The van der Waals surface area contributed by atoms with Crippen LogP contribution in [0.5, 0.6) is 0 Å². The van der Waals surface area contributed by atoms with E-state index in [4.69, 9.17) is 0 Å². The average molecular weight is 289 g/mol. The summed E-state index contributed by atoms with van der Waals surface area (Å²) in [5, 5.41) is 0. The highest BCUT2D eigenvalue weighted by Crippen LogP contribution is 2.15. The average Bonchev–Trinajstić information content (AvgIpc) is 2.39. The number of carbonyl (C=O) groups is 1. The van der Waals surface area contributed by atoms with Gasteiger partial charge in [0.05, 0.1) is 0 Å². The molecule has 2 heteroatoms. The molecule has 0 aliphatic rings. The largest absolute Gasteiger partial charge is 0.289 e. The van der Waals surface area contributed by atoms with Crippen LogP contribution >= 0.6 is 15.9 Å². The molecule has 2 aromatic carbocycles. The molecule has 0 atom stereocenters. The zero-order valence-corrected chi connectivity index (χ0v) is 11.2. The lowest BCUT2D eigenvalue weighted by Gasteiger charge is -2.02. The number of rotatable bonds is 3. The lowest BCUT2D eigenvalue weighted by atomic mass is 10.0. The van der Waals surface area contributed by atoms with E-state index in [0.29, 0.717) is 0 Å². The molecule has 0 aliphatic heterocycles. The lowest BCUT2D eigenvalue weighted by molar-refractivity contribution is 0.103. The van der Waals surface area contributed by atoms with Crippen LogP contribution in [-0.2, 0) is 6.42 Å². The molecule has 0 N–H and O–H groups in total. The molecule has 17 heavy (non-hydrogen) atoms. The predicted molar refractivity (Wildman–Crippen MR) is 73.4 cm³/mol. The van der Waals surface area contributed by atoms with E-state index in [1.54, 1.807) is 0 Å². The first-order valence-electron chi connectivity index (χ1n) is 5.60. The molecule has 0 saturated carbocycles. The van der Waals surface area contributed by atoms with Gasteiger partial charge in [-0.3, -0.25) is 4.79 Å². The molecule has 0 bridgehead atoms. The summed E-state index contributed by atoms with van der Waals surface area (Å²) in [7, 11) is 0. The third-order valence-electron chi connectivity index (χ3n) is 2.73. The Balaban J connectivity index is 2.27. The van der Waals surface area contributed by atoms with Crippen molar-refractivity contribution in [2.75, 3.05) is 0 Å². The Kier molecular flexibility index (Phi) is 3.75. The first kappa shape index (κ1) is 12.1. The zero-order chi connectivity index (χ0) is 12.3. The number of ketones is 1. The Morgan fingerprint density at radius 2 is 1.41 bits per heavy atom. The van der Waals surface area contributed by atoms with Crippen LogP contribution in [0.1, 0.15) is 28.4 Å². The van der Waals surface area contributed by atoms with Crippen LogP contribution in [0.2, 0.25) is 0 Å². The Morgan fingerprint density at radius 1 is 0.941 bits per heavy atom. The van der Waals surface area contributed by atoms with Crippen molar-refractivity contribution >= 4 is 21.7 Å². The minimum atomic E-state index is 0.0696. The summed E-state index contributed by atoms with van der Waals surface area (Å²) in [6.45, 7) is 2.10. The standard InChI is InChI=1S/C15H13BrO/c1-2-11-3-5-12(6-4-11)15(17)13-7-9-14(16)10-8-13/h3-10H,2H2,1H3. The molecule has 0 saturated heterocycles. The molecule has 0 radical (unpaired) electrons. The third-order valence-corrected chi connectivity index (χ3v) is 3.26. The van der Waals surface area contributed by atoms with Gasteiger partial charge in [0, 0.05) is 15.6 Å². The van der Waals surface area contributed by atoms with Gasteiger partial charge in [-0.1, -0.05) is 47.1 Å². The lowest BCUT2D eigenvalue weighted by Crippen LogP contribution is -2.00. The quantitative estimate of drug-likeness (QED) is 0.772. The molecule has 0 aromatic heterocycles. The van der Waals surface area contributed by atoms with Gasteiger partial charge < -0.3 is 0 Å². The molecule has 0 aliphatic carbocycles. The summed E-state index contributed by atoms with van der Waals surface area (Å²) in [6.07, 6.45) is 0.993. The van der Waals surface area contributed by atoms with Gasteiger partial charge >= 0.3 is 0 Å². The second-order valence-corrected chi connectivity index (χ2v) is 4.80. The van der Waals surface area contributed by atoms with Gasteiger partial charge in [-0.25, -0.2) is 0 Å². The highest BCUT2D eigenvalue weighted by atomic mass is 79.9. The predicted octanol–water partition coefficient (Wildman–Crippen LogP) is 4.24. The van der Waals surface area contributed by atoms with Crippen LogP contribution in [-0.4, -0.2) is 5.78 Å². The van der Waals surface area contributed by atoms with E-state index in [9.17, 15) is 4.79 Å². The highest BCUT2D eigenvalue weighted by molar-refractivity contribution is 9.10. The fourth-order valence-electron chi connectivity index (χ4n) is 1.66. The van der Waals surface area contributed by atoms with Crippen molar-refractivity contribution in [2.24, 2.45) is 0 Å². The van der Waals surface area contributed by atoms with E-state index < -0.39 is 0 Å². The number of hydrogen-bond acceptors (Lipinski definition) is 1. The fraction of sp³-hybridized carbons (Fsp3) is 0.133. The van der Waals surface area contributed by atoms with Crippen LogP contribution in [0.3, 0.4) is 0 Å². The molecule has 86 valence electrons. The molecular weight excluding hydrogens is 276 g/mol. The van der Waals surface area contributed by atoms with Crippen molar-refractivity contribution in [2.45, 2.75) is 13.3 Å². The normalized spacial score (nSPS) is 10.2. The minimum absolute atomic E-state index is 0.0696. The van der Waals surface area contributed by atoms with Gasteiger partial charge in [0.2, 0.25) is 0 Å². The van der Waals surface area contributed by atoms with Gasteiger partial charge in [-0.05, 0) is 36.2 Å². The van der Waals surface area contributed by atoms with Crippen molar-refractivity contribution in [3.05, 3.63) is 69.7 Å². The van der Waals surface area contributed by atoms with Crippen LogP contribution in [0.4, 0.5) is 0 Å². The molecule has 1 nitrogen and oxygen atoms in total. The first-order chi connectivity index (χ1) is 8.20. The molecule has 2 aromatic rings. The number of halogens is 1. The van der Waals surface area contributed by atoms with Gasteiger partial charge in [0.25, 0.3) is 0 Å². The smallest absolute Gasteiger partial charge is 0.193 e. The summed E-state index contributed by atoms with van der Waals surface area (Å²) >= 11 is 3.36. The Labute approximate surface area is 110 Å². The first-order valence-corrected chi connectivity index (χ1v) is 6.39. The molecule has 0 heterocycles. The Morgan fingerprint density at radius 3 is 1.88 bits per heavy atom. The maximum atomic E-state index is 12.1. The van der Waals surface area contributed by atoms with Gasteiger partial charge in [-0.2, -0.15) is 0 Å². The molecular formula is C15H13BrO. The van der Waals surface area contributed by atoms with Crippen molar-refractivity contribution in [3.63, 3.8) is 0 Å². The second kappa shape index (κ2) is 5.28. The highest BCUT2D eigenvalue weighted by Gasteiger charge is 2.08. The Bertz CT molecular complexity index is 512. The monoisotopic (exact) mass is 288 g/mol. The van der Waals surface area contributed by atoms with E-state index in [-0.39, 0.29) is 5.78 Å². The van der Waals surface area contributed by atoms with Gasteiger partial charge in [0.1, 0.15) is 0 Å². The molecule has 0 fully saturated rings. The summed E-state index contributed by atoms with van der Waals surface area (Å²) in [5.41, 5.74) is 2.71. The minimum Gasteiger partial charge on any atom is -0.289 e. The number of carbonyl (C=O) groups excluding carboxylic acids is 1. The topological polar surface area (TPSA) is 17.1 Å². The maximum Gasteiger partial charge on any atom is 0.193 e. The van der Waals surface area contributed by atoms with Crippen molar-refractivity contribution in [1.29, 1.82) is 0 Å². The van der Waals surface area contributed by atoms with Crippen LogP contribution in [0.15, 0.2) is 53.0 Å². The number of aryl methyl sites for hydroxylation is 1. The molecule has 0 spiro atoms. The SMILES string of the molecule is CCc1ccc(C(=O)c2ccc(Br)cc2)cc1. The number of benzene rings is 2. The van der Waals surface area contributed by atoms with E-state index in [0.717, 1.165) is 22.0 Å². The van der Waals surface area contributed by atoms with Gasteiger partial charge in [0.15, 0.2) is 5.78 Å². The molecule has 0 amide bonds. The second-order valence-electron chi connectivity index (χ2n) is 3.89. The van der Waals surface area contributed by atoms with Crippen molar-refractivity contribution in [1.82, 2.24) is 0 Å². The van der Waals surface area contributed by atoms with Gasteiger partial charge in [-0.15, -0.1) is 0 Å². The molecule has 0 unspecified atom stereocenters. The molecule has 2 rings (SSSR count). The van der Waals surface area contributed by atoms with E-state index in [2.05, 4.69) is 22.9 Å². The van der Waals surface area contributed by atoms with E-state index in [1.165, 1.54) is 5.56 Å². The summed E-state index contributed by atoms with van der Waals surface area (Å²) < 4.78 is 0.982. The summed E-state index contributed by atoms with van der Waals surface area (Å²) in [6, 6.07) is 15.2. The van der Waals surface area contributed by atoms with Crippen molar-refractivity contribution < 1.29 is 4.79 Å². The van der Waals surface area contributed by atoms with E-state index >= 15 is 0 Å². The fourth-order valence-corrected chi connectivity index (χ4v) is 1.92. The van der Waals surface area contributed by atoms with Crippen LogP contribution in [0, 0.1) is 0 Å². The zero-order valence-electron chi connectivity index (χ0n) is 9.61. The third kappa shape index (κ3) is 2.83. The maximum absolute atomic E-state index is 12.1.